The molecule has 0 aliphatic carbocycles. The van der Waals surface area contributed by atoms with E-state index in [4.69, 9.17) is 7.85 Å². The van der Waals surface area contributed by atoms with Crippen LogP contribution in [-0.4, -0.2) is 13.9 Å². The second-order valence-corrected chi connectivity index (χ2v) is 1.66. The third-order valence-electron chi connectivity index (χ3n) is 0.833. The first-order chi connectivity index (χ1) is 3.27. The number of rotatable bonds is 3. The molecule has 0 rings (SSSR count). The molecule has 0 aliphatic heterocycles. The standard InChI is InChI=1S/C5H10BF/c1-2-3-4-5(6)7/h5H,2-4H2,1H3. The molecule has 0 fully saturated rings. The van der Waals surface area contributed by atoms with Crippen molar-refractivity contribution in [2.24, 2.45) is 0 Å². The number of hydrogen-bond acceptors (Lipinski definition) is 0. The van der Waals surface area contributed by atoms with Gasteiger partial charge in [-0.05, 0) is 6.42 Å². The van der Waals surface area contributed by atoms with Crippen molar-refractivity contribution in [2.75, 3.05) is 0 Å². The van der Waals surface area contributed by atoms with E-state index in [-0.39, 0.29) is 0 Å². The molecule has 0 aromatic carbocycles. The lowest BCUT2D eigenvalue weighted by Gasteiger charge is -1.95. The molecule has 0 bridgehead atoms. The van der Waals surface area contributed by atoms with E-state index in [9.17, 15) is 4.39 Å². The van der Waals surface area contributed by atoms with Gasteiger partial charge in [0.1, 0.15) is 7.85 Å². The summed E-state index contributed by atoms with van der Waals surface area (Å²) in [6, 6.07) is 0. The Hall–Kier alpha value is -0.00506. The number of halogens is 1. The highest BCUT2D eigenvalue weighted by molar-refractivity contribution is 6.10. The van der Waals surface area contributed by atoms with Gasteiger partial charge in [-0.2, -0.15) is 0 Å². The van der Waals surface area contributed by atoms with E-state index in [2.05, 4.69) is 0 Å². The Morgan fingerprint density at radius 2 is 2.29 bits per heavy atom. The van der Waals surface area contributed by atoms with Gasteiger partial charge in [-0.1, -0.05) is 19.8 Å². The smallest absolute Gasteiger partial charge is 0.116 e. The van der Waals surface area contributed by atoms with Crippen LogP contribution in [0.3, 0.4) is 0 Å². The predicted molar refractivity (Wildman–Crippen MR) is 30.2 cm³/mol. The molecular formula is C5H10BF. The van der Waals surface area contributed by atoms with Crippen molar-refractivity contribution < 1.29 is 4.39 Å². The normalized spacial score (nSPS) is 14.0. The average Bonchev–Trinajstić information content (AvgIpc) is 1.61. The summed E-state index contributed by atoms with van der Waals surface area (Å²) in [6.45, 7) is 2.02. The minimum atomic E-state index is -1.10. The highest BCUT2D eigenvalue weighted by Crippen LogP contribution is 1.98. The largest absolute Gasteiger partial charge is 0.258 e. The molecule has 0 nitrogen and oxygen atoms in total. The lowest BCUT2D eigenvalue weighted by atomic mass is 9.97. The van der Waals surface area contributed by atoms with Gasteiger partial charge in [0.2, 0.25) is 0 Å². The topological polar surface area (TPSA) is 0 Å². The Balaban J connectivity index is 2.68. The Morgan fingerprint density at radius 3 is 2.43 bits per heavy atom. The Bertz CT molecular complexity index is 37.1. The van der Waals surface area contributed by atoms with E-state index in [0.717, 1.165) is 12.8 Å². The van der Waals surface area contributed by atoms with E-state index in [0.29, 0.717) is 6.42 Å². The first kappa shape index (κ1) is 6.99. The van der Waals surface area contributed by atoms with Crippen LogP contribution in [0.5, 0.6) is 0 Å². The van der Waals surface area contributed by atoms with Crippen molar-refractivity contribution in [3.05, 3.63) is 0 Å². The van der Waals surface area contributed by atoms with Gasteiger partial charge in [0.15, 0.2) is 0 Å². The molecule has 0 aromatic heterocycles. The van der Waals surface area contributed by atoms with Crippen LogP contribution in [0.1, 0.15) is 26.2 Å². The van der Waals surface area contributed by atoms with Crippen LogP contribution in [0, 0.1) is 0 Å². The van der Waals surface area contributed by atoms with Gasteiger partial charge in [0.25, 0.3) is 0 Å². The summed E-state index contributed by atoms with van der Waals surface area (Å²) in [4.78, 5) is 0. The van der Waals surface area contributed by atoms with Crippen molar-refractivity contribution in [3.8, 4) is 0 Å². The molecule has 0 saturated carbocycles. The first-order valence-corrected chi connectivity index (χ1v) is 2.67. The molecule has 1 unspecified atom stereocenters. The zero-order valence-corrected chi connectivity index (χ0v) is 4.65. The van der Waals surface area contributed by atoms with Gasteiger partial charge in [-0.3, -0.25) is 4.39 Å². The van der Waals surface area contributed by atoms with E-state index >= 15 is 0 Å². The molecule has 2 radical (unpaired) electrons. The summed E-state index contributed by atoms with van der Waals surface area (Å²) in [5.74, 6) is 0. The van der Waals surface area contributed by atoms with Crippen molar-refractivity contribution in [1.82, 2.24) is 0 Å². The molecule has 2 heteroatoms. The van der Waals surface area contributed by atoms with E-state index < -0.39 is 6.07 Å². The number of unbranched alkanes of at least 4 members (excludes halogenated alkanes) is 1. The quantitative estimate of drug-likeness (QED) is 0.473. The Morgan fingerprint density at radius 1 is 1.71 bits per heavy atom. The second kappa shape index (κ2) is 4.16. The molecule has 7 heavy (non-hydrogen) atoms. The fourth-order valence-corrected chi connectivity index (χ4v) is 0.399. The van der Waals surface area contributed by atoms with Crippen molar-refractivity contribution >= 4 is 7.85 Å². The molecule has 0 heterocycles. The van der Waals surface area contributed by atoms with Crippen LogP contribution in [0.2, 0.25) is 0 Å². The zero-order chi connectivity index (χ0) is 5.70. The maximum Gasteiger partial charge on any atom is 0.116 e. The number of hydrogen-bond donors (Lipinski definition) is 0. The molecule has 40 valence electrons. The molecule has 0 saturated heterocycles. The second-order valence-electron chi connectivity index (χ2n) is 1.66. The van der Waals surface area contributed by atoms with Crippen LogP contribution in [-0.2, 0) is 0 Å². The maximum atomic E-state index is 11.7. The summed E-state index contributed by atoms with van der Waals surface area (Å²) >= 11 is 0. The van der Waals surface area contributed by atoms with Gasteiger partial charge in [0, 0.05) is 0 Å². The molecule has 0 aliphatic rings. The van der Waals surface area contributed by atoms with E-state index in [1.54, 1.807) is 0 Å². The van der Waals surface area contributed by atoms with Gasteiger partial charge in [-0.25, -0.2) is 0 Å². The van der Waals surface area contributed by atoms with Crippen LogP contribution >= 0.6 is 0 Å². The predicted octanol–water partition coefficient (Wildman–Crippen LogP) is 1.64. The van der Waals surface area contributed by atoms with Gasteiger partial charge in [0.05, 0.1) is 6.07 Å². The molecule has 0 aromatic rings. The Kier molecular flexibility index (Phi) is 4.16. The average molecular weight is 99.9 g/mol. The van der Waals surface area contributed by atoms with Crippen molar-refractivity contribution in [1.29, 1.82) is 0 Å². The van der Waals surface area contributed by atoms with Gasteiger partial charge >= 0.3 is 0 Å². The summed E-state index contributed by atoms with van der Waals surface area (Å²) in [5, 5.41) is 0. The lowest BCUT2D eigenvalue weighted by molar-refractivity contribution is 0.409. The highest BCUT2D eigenvalue weighted by atomic mass is 19.1. The summed E-state index contributed by atoms with van der Waals surface area (Å²) in [6.07, 6.45) is 1.34. The molecule has 0 amide bonds. The third-order valence-corrected chi connectivity index (χ3v) is 0.833. The van der Waals surface area contributed by atoms with Crippen molar-refractivity contribution in [3.63, 3.8) is 0 Å². The van der Waals surface area contributed by atoms with Crippen LogP contribution < -0.4 is 0 Å². The van der Waals surface area contributed by atoms with Gasteiger partial charge < -0.3 is 0 Å². The summed E-state index contributed by atoms with van der Waals surface area (Å²) in [7, 11) is 4.81. The first-order valence-electron chi connectivity index (χ1n) is 2.67. The summed E-state index contributed by atoms with van der Waals surface area (Å²) in [5.41, 5.74) is 0. The maximum absolute atomic E-state index is 11.7. The SMILES string of the molecule is [B]C(F)CCCC. The van der Waals surface area contributed by atoms with Crippen LogP contribution in [0.25, 0.3) is 0 Å². The molecule has 0 spiro atoms. The minimum Gasteiger partial charge on any atom is -0.258 e. The molecule has 1 atom stereocenters. The van der Waals surface area contributed by atoms with Gasteiger partial charge in [-0.15, -0.1) is 0 Å². The highest BCUT2D eigenvalue weighted by Gasteiger charge is 1.92. The zero-order valence-electron chi connectivity index (χ0n) is 4.65. The third kappa shape index (κ3) is 5.99. The van der Waals surface area contributed by atoms with Crippen LogP contribution in [0.15, 0.2) is 0 Å². The summed E-state index contributed by atoms with van der Waals surface area (Å²) < 4.78 is 11.7. The van der Waals surface area contributed by atoms with E-state index in [1.165, 1.54) is 0 Å². The monoisotopic (exact) mass is 100 g/mol. The fourth-order valence-electron chi connectivity index (χ4n) is 0.399. The number of alkyl halides is 1. The lowest BCUT2D eigenvalue weighted by Crippen LogP contribution is -1.96. The van der Waals surface area contributed by atoms with Crippen LogP contribution in [0.4, 0.5) is 4.39 Å². The fraction of sp³-hybridized carbons (Fsp3) is 1.00. The minimum absolute atomic E-state index is 0.510. The Labute approximate surface area is 45.5 Å². The molecule has 0 N–H and O–H groups in total. The van der Waals surface area contributed by atoms with Crippen molar-refractivity contribution in [2.45, 2.75) is 32.3 Å². The molecular weight excluding hydrogens is 89.9 g/mol. The van der Waals surface area contributed by atoms with E-state index in [1.807, 2.05) is 6.92 Å².